The minimum atomic E-state index is -0.871. The fourth-order valence-electron chi connectivity index (χ4n) is 2.27. The van der Waals surface area contributed by atoms with Crippen LogP contribution in [0.3, 0.4) is 0 Å². The van der Waals surface area contributed by atoms with Crippen molar-refractivity contribution in [1.82, 2.24) is 0 Å². The summed E-state index contributed by atoms with van der Waals surface area (Å²) in [4.78, 5) is 10.9. The van der Waals surface area contributed by atoms with Crippen LogP contribution < -0.4 is 4.74 Å². The zero-order valence-electron chi connectivity index (χ0n) is 11.0. The first-order chi connectivity index (χ1) is 8.54. The summed E-state index contributed by atoms with van der Waals surface area (Å²) in [7, 11) is 1.65. The number of ether oxygens (including phenoxy) is 1. The summed E-state index contributed by atoms with van der Waals surface area (Å²) in [5, 5.41) is 8.98. The molecule has 1 aliphatic rings. The predicted molar refractivity (Wildman–Crippen MR) is 70.8 cm³/mol. The van der Waals surface area contributed by atoms with Gasteiger partial charge in [-0.25, -0.2) is 4.79 Å². The first-order valence-corrected chi connectivity index (χ1v) is 6.13. The fraction of sp³-hybridized carbons (Fsp3) is 0.400. The smallest absolute Gasteiger partial charge is 0.328 e. The number of carbonyl (C=O) groups is 1. The van der Waals surface area contributed by atoms with Crippen LogP contribution in [0.4, 0.5) is 0 Å². The summed E-state index contributed by atoms with van der Waals surface area (Å²) in [6.07, 6.45) is 3.53. The van der Waals surface area contributed by atoms with Gasteiger partial charge in [-0.3, -0.25) is 0 Å². The molecule has 2 rings (SSSR count). The van der Waals surface area contributed by atoms with E-state index in [4.69, 9.17) is 9.84 Å². The predicted octanol–water partition coefficient (Wildman–Crippen LogP) is 3.19. The van der Waals surface area contributed by atoms with Crippen LogP contribution in [0.1, 0.15) is 29.5 Å². The van der Waals surface area contributed by atoms with Gasteiger partial charge in [-0.05, 0) is 60.9 Å². The lowest BCUT2D eigenvalue weighted by Gasteiger charge is -2.14. The molecule has 96 valence electrons. The molecule has 1 aliphatic carbocycles. The Hall–Kier alpha value is -1.77. The van der Waals surface area contributed by atoms with Crippen LogP contribution in [0, 0.1) is 19.8 Å². The molecular formula is C15H18O3. The number of allylic oxidation sites excluding steroid dienone is 1. The molecule has 0 atom stereocenters. The van der Waals surface area contributed by atoms with Gasteiger partial charge >= 0.3 is 5.97 Å². The molecule has 0 radical (unpaired) electrons. The van der Waals surface area contributed by atoms with Gasteiger partial charge in [0.2, 0.25) is 0 Å². The Morgan fingerprint density at radius 1 is 1.33 bits per heavy atom. The van der Waals surface area contributed by atoms with Gasteiger partial charge in [0.25, 0.3) is 0 Å². The molecule has 1 N–H and O–H groups in total. The van der Waals surface area contributed by atoms with Crippen molar-refractivity contribution in [1.29, 1.82) is 0 Å². The summed E-state index contributed by atoms with van der Waals surface area (Å²) < 4.78 is 5.28. The van der Waals surface area contributed by atoms with Gasteiger partial charge in [0.15, 0.2) is 0 Å². The SMILES string of the molecule is COc1ccc(/C(=C/C(=O)O)C2CC2)c(C)c1C. The second-order valence-electron chi connectivity index (χ2n) is 4.78. The highest BCUT2D eigenvalue weighted by Gasteiger charge is 2.28. The Balaban J connectivity index is 2.49. The van der Waals surface area contributed by atoms with E-state index < -0.39 is 5.97 Å². The van der Waals surface area contributed by atoms with E-state index in [-0.39, 0.29) is 0 Å². The third kappa shape index (κ3) is 2.40. The van der Waals surface area contributed by atoms with Crippen molar-refractivity contribution in [3.05, 3.63) is 34.9 Å². The number of carboxylic acids is 1. The molecule has 0 spiro atoms. The number of methoxy groups -OCH3 is 1. The van der Waals surface area contributed by atoms with Crippen molar-refractivity contribution in [2.75, 3.05) is 7.11 Å². The highest BCUT2D eigenvalue weighted by molar-refractivity contribution is 5.91. The molecule has 0 bridgehead atoms. The second-order valence-corrected chi connectivity index (χ2v) is 4.78. The number of hydrogen-bond acceptors (Lipinski definition) is 2. The lowest BCUT2D eigenvalue weighted by Crippen LogP contribution is -1.99. The molecule has 1 aromatic rings. The Labute approximate surface area is 107 Å². The summed E-state index contributed by atoms with van der Waals surface area (Å²) in [5.74, 6) is 0.388. The molecule has 0 amide bonds. The van der Waals surface area contributed by atoms with Crippen LogP contribution in [0.25, 0.3) is 5.57 Å². The fourth-order valence-corrected chi connectivity index (χ4v) is 2.27. The largest absolute Gasteiger partial charge is 0.496 e. The van der Waals surface area contributed by atoms with E-state index in [9.17, 15) is 4.79 Å². The Morgan fingerprint density at radius 2 is 2.00 bits per heavy atom. The summed E-state index contributed by atoms with van der Waals surface area (Å²) in [6.45, 7) is 4.02. The summed E-state index contributed by atoms with van der Waals surface area (Å²) >= 11 is 0. The average Bonchev–Trinajstić information content (AvgIpc) is 3.14. The first kappa shape index (κ1) is 12.7. The highest BCUT2D eigenvalue weighted by Crippen LogP contribution is 2.43. The van der Waals surface area contributed by atoms with E-state index in [2.05, 4.69) is 0 Å². The average molecular weight is 246 g/mol. The third-order valence-electron chi connectivity index (χ3n) is 3.56. The van der Waals surface area contributed by atoms with E-state index in [0.717, 1.165) is 40.9 Å². The molecule has 18 heavy (non-hydrogen) atoms. The minimum absolute atomic E-state index is 0.410. The molecule has 0 unspecified atom stereocenters. The Bertz CT molecular complexity index is 511. The van der Waals surface area contributed by atoms with E-state index in [1.807, 2.05) is 26.0 Å². The van der Waals surface area contributed by atoms with Crippen LogP contribution in [0.5, 0.6) is 5.75 Å². The normalized spacial score (nSPS) is 15.6. The van der Waals surface area contributed by atoms with Gasteiger partial charge < -0.3 is 9.84 Å². The maximum atomic E-state index is 10.9. The van der Waals surface area contributed by atoms with Crippen molar-refractivity contribution in [2.45, 2.75) is 26.7 Å². The third-order valence-corrected chi connectivity index (χ3v) is 3.56. The first-order valence-electron chi connectivity index (χ1n) is 6.13. The van der Waals surface area contributed by atoms with Gasteiger partial charge in [0.05, 0.1) is 7.11 Å². The van der Waals surface area contributed by atoms with E-state index in [1.54, 1.807) is 7.11 Å². The molecule has 0 heterocycles. The van der Waals surface area contributed by atoms with Crippen LogP contribution in [0.15, 0.2) is 18.2 Å². The molecule has 3 nitrogen and oxygen atoms in total. The van der Waals surface area contributed by atoms with Crippen LogP contribution in [0.2, 0.25) is 0 Å². The van der Waals surface area contributed by atoms with Gasteiger partial charge in [0, 0.05) is 6.08 Å². The maximum Gasteiger partial charge on any atom is 0.328 e. The zero-order valence-corrected chi connectivity index (χ0v) is 11.0. The van der Waals surface area contributed by atoms with Gasteiger partial charge in [0.1, 0.15) is 5.75 Å². The second kappa shape index (κ2) is 4.84. The van der Waals surface area contributed by atoms with E-state index >= 15 is 0 Å². The topological polar surface area (TPSA) is 46.5 Å². The van der Waals surface area contributed by atoms with Crippen molar-refractivity contribution in [3.8, 4) is 5.75 Å². The number of benzene rings is 1. The Kier molecular flexibility index (Phi) is 3.41. The molecular weight excluding hydrogens is 228 g/mol. The number of rotatable bonds is 4. The lowest BCUT2D eigenvalue weighted by molar-refractivity contribution is -0.131. The quantitative estimate of drug-likeness (QED) is 0.830. The molecule has 0 aromatic heterocycles. The van der Waals surface area contributed by atoms with Crippen LogP contribution in [-0.4, -0.2) is 18.2 Å². The van der Waals surface area contributed by atoms with Crippen molar-refractivity contribution >= 4 is 11.5 Å². The van der Waals surface area contributed by atoms with Crippen molar-refractivity contribution in [3.63, 3.8) is 0 Å². The standard InChI is InChI=1S/C15H18O3/c1-9-10(2)14(18-3)7-6-12(9)13(8-15(16)17)11-4-5-11/h6-8,11H,4-5H2,1-3H3,(H,16,17)/b13-8+. The number of hydrogen-bond donors (Lipinski definition) is 1. The number of carboxylic acid groups (broad SMARTS) is 1. The summed E-state index contributed by atoms with van der Waals surface area (Å²) in [6, 6.07) is 3.88. The molecule has 0 saturated heterocycles. The lowest BCUT2D eigenvalue weighted by atomic mass is 9.93. The molecule has 1 aromatic carbocycles. The molecule has 0 aliphatic heterocycles. The maximum absolute atomic E-state index is 10.9. The number of aliphatic carboxylic acids is 1. The van der Waals surface area contributed by atoms with Gasteiger partial charge in [-0.1, -0.05) is 6.07 Å². The monoisotopic (exact) mass is 246 g/mol. The zero-order chi connectivity index (χ0) is 13.3. The highest BCUT2D eigenvalue weighted by atomic mass is 16.5. The molecule has 1 fully saturated rings. The van der Waals surface area contributed by atoms with Crippen molar-refractivity contribution in [2.24, 2.45) is 5.92 Å². The summed E-state index contributed by atoms with van der Waals surface area (Å²) in [5.41, 5.74) is 4.17. The minimum Gasteiger partial charge on any atom is -0.496 e. The van der Waals surface area contributed by atoms with Crippen LogP contribution >= 0.6 is 0 Å². The van der Waals surface area contributed by atoms with Gasteiger partial charge in [-0.2, -0.15) is 0 Å². The van der Waals surface area contributed by atoms with Crippen LogP contribution in [-0.2, 0) is 4.79 Å². The van der Waals surface area contributed by atoms with Gasteiger partial charge in [-0.15, -0.1) is 0 Å². The van der Waals surface area contributed by atoms with E-state index in [1.165, 1.54) is 6.08 Å². The van der Waals surface area contributed by atoms with E-state index in [0.29, 0.717) is 5.92 Å². The molecule has 3 heteroatoms. The Morgan fingerprint density at radius 3 is 2.50 bits per heavy atom. The van der Waals surface area contributed by atoms with Crippen molar-refractivity contribution < 1.29 is 14.6 Å². The molecule has 1 saturated carbocycles.